The molecule has 3 atom stereocenters. The molecule has 2 N–H and O–H groups in total. The Morgan fingerprint density at radius 3 is 2.00 bits per heavy atom. The van der Waals surface area contributed by atoms with Crippen LogP contribution in [-0.4, -0.2) is 77.3 Å². The molecule has 2 aromatic rings. The molecular weight excluding hydrogens is 528 g/mol. The molecule has 2 aromatic carbocycles. The van der Waals surface area contributed by atoms with Crippen LogP contribution in [0, 0.1) is 0 Å². The summed E-state index contributed by atoms with van der Waals surface area (Å²) in [5.74, 6) is -1.70. The summed E-state index contributed by atoms with van der Waals surface area (Å²) in [4.78, 5) is 66.9. The number of nitrogens with one attached hydrogen (secondary N) is 2. The third-order valence-electron chi connectivity index (χ3n) is 7.21. The predicted molar refractivity (Wildman–Crippen MR) is 148 cm³/mol. The Balaban J connectivity index is 1.24. The highest BCUT2D eigenvalue weighted by atomic mass is 16.5. The number of rotatable bonds is 10. The van der Waals surface area contributed by atoms with Gasteiger partial charge in [-0.05, 0) is 43.7 Å². The fourth-order valence-electron chi connectivity index (χ4n) is 5.11. The van der Waals surface area contributed by atoms with Gasteiger partial charge in [-0.25, -0.2) is 9.59 Å². The quantitative estimate of drug-likeness (QED) is 0.422. The number of hydrogen-bond acceptors (Lipinski definition) is 7. The van der Waals surface area contributed by atoms with E-state index in [0.717, 1.165) is 11.1 Å². The Kier molecular flexibility index (Phi) is 10.3. The fourth-order valence-corrected chi connectivity index (χ4v) is 5.11. The second-order valence-electron chi connectivity index (χ2n) is 10.2. The van der Waals surface area contributed by atoms with E-state index in [1.165, 1.54) is 16.7 Å². The summed E-state index contributed by atoms with van der Waals surface area (Å²) in [5, 5.41) is 4.94. The van der Waals surface area contributed by atoms with Gasteiger partial charge in [-0.2, -0.15) is 0 Å². The highest BCUT2D eigenvalue weighted by Crippen LogP contribution is 2.26. The van der Waals surface area contributed by atoms with Gasteiger partial charge in [0, 0.05) is 13.1 Å². The molecule has 2 heterocycles. The van der Waals surface area contributed by atoms with E-state index >= 15 is 0 Å². The highest BCUT2D eigenvalue weighted by molar-refractivity contribution is 5.94. The Bertz CT molecular complexity index is 1220. The monoisotopic (exact) mass is 564 g/mol. The maximum atomic E-state index is 13.5. The van der Waals surface area contributed by atoms with Crippen molar-refractivity contribution in [1.82, 2.24) is 20.4 Å². The van der Waals surface area contributed by atoms with Crippen molar-refractivity contribution in [1.29, 1.82) is 0 Å². The zero-order valence-electron chi connectivity index (χ0n) is 23.1. The number of ether oxygens (including phenoxy) is 2. The van der Waals surface area contributed by atoms with Crippen molar-refractivity contribution in [3.63, 3.8) is 0 Å². The van der Waals surface area contributed by atoms with E-state index in [0.29, 0.717) is 38.8 Å². The van der Waals surface area contributed by atoms with Gasteiger partial charge in [0.2, 0.25) is 17.7 Å². The molecule has 0 bridgehead atoms. The molecule has 2 aliphatic rings. The maximum Gasteiger partial charge on any atom is 0.407 e. The number of amides is 4. The summed E-state index contributed by atoms with van der Waals surface area (Å²) in [6, 6.07) is 16.1. The first-order chi connectivity index (χ1) is 19.8. The second-order valence-corrected chi connectivity index (χ2v) is 10.2. The van der Waals surface area contributed by atoms with Gasteiger partial charge in [-0.1, -0.05) is 60.7 Å². The molecule has 0 aliphatic carbocycles. The summed E-state index contributed by atoms with van der Waals surface area (Å²) in [5.41, 5.74) is 1.67. The van der Waals surface area contributed by atoms with Gasteiger partial charge < -0.3 is 29.9 Å². The van der Waals surface area contributed by atoms with Crippen molar-refractivity contribution in [3.8, 4) is 0 Å². The van der Waals surface area contributed by atoms with E-state index in [1.54, 1.807) is 0 Å². The average molecular weight is 565 g/mol. The van der Waals surface area contributed by atoms with Crippen LogP contribution < -0.4 is 10.6 Å². The van der Waals surface area contributed by atoms with E-state index in [-0.39, 0.29) is 25.7 Å². The van der Waals surface area contributed by atoms with Crippen LogP contribution in [-0.2, 0) is 41.9 Å². The van der Waals surface area contributed by atoms with E-state index in [9.17, 15) is 24.0 Å². The maximum absolute atomic E-state index is 13.5. The molecular formula is C30H36N4O7. The van der Waals surface area contributed by atoms with Crippen LogP contribution in [0.5, 0.6) is 0 Å². The van der Waals surface area contributed by atoms with Crippen LogP contribution in [0.2, 0.25) is 0 Å². The molecule has 0 spiro atoms. The van der Waals surface area contributed by atoms with Crippen LogP contribution in [0.3, 0.4) is 0 Å². The first kappa shape index (κ1) is 29.6. The van der Waals surface area contributed by atoms with Crippen molar-refractivity contribution in [2.45, 2.75) is 63.9 Å². The summed E-state index contributed by atoms with van der Waals surface area (Å²) < 4.78 is 10.6. The van der Waals surface area contributed by atoms with E-state index in [2.05, 4.69) is 10.6 Å². The Hall–Kier alpha value is -4.41. The smallest absolute Gasteiger partial charge is 0.407 e. The van der Waals surface area contributed by atoms with Gasteiger partial charge >= 0.3 is 12.1 Å². The van der Waals surface area contributed by atoms with Crippen LogP contribution in [0.4, 0.5) is 4.79 Å². The number of hydrogen-bond donors (Lipinski definition) is 2. The van der Waals surface area contributed by atoms with Gasteiger partial charge in [-0.15, -0.1) is 0 Å². The third-order valence-corrected chi connectivity index (χ3v) is 7.21. The molecule has 2 saturated heterocycles. The van der Waals surface area contributed by atoms with Crippen LogP contribution >= 0.6 is 0 Å². The zero-order valence-corrected chi connectivity index (χ0v) is 23.1. The third kappa shape index (κ3) is 8.06. The van der Waals surface area contributed by atoms with Gasteiger partial charge in [0.05, 0.1) is 0 Å². The molecule has 11 nitrogen and oxygen atoms in total. The lowest BCUT2D eigenvalue weighted by Gasteiger charge is -2.32. The first-order valence-electron chi connectivity index (χ1n) is 13.9. The Labute approximate surface area is 239 Å². The Morgan fingerprint density at radius 2 is 1.37 bits per heavy atom. The van der Waals surface area contributed by atoms with Crippen molar-refractivity contribution >= 4 is 29.8 Å². The predicted octanol–water partition coefficient (Wildman–Crippen LogP) is 2.14. The SMILES string of the molecule is C[C@H](NC(=O)CNC(=O)OCc1ccccc1)C(=O)N1CCC[C@H]1C(=O)N1CCC[C@H]1C(=O)OCc1ccccc1. The molecule has 41 heavy (non-hydrogen) atoms. The van der Waals surface area contributed by atoms with Crippen molar-refractivity contribution in [2.75, 3.05) is 19.6 Å². The van der Waals surface area contributed by atoms with Crippen LogP contribution in [0.15, 0.2) is 60.7 Å². The van der Waals surface area contributed by atoms with Gasteiger partial charge in [0.25, 0.3) is 0 Å². The standard InChI is InChI=1S/C30H36N4O7/c1-21(32-26(35)18-31-30(39)41-20-23-12-6-3-7-13-23)27(36)33-16-8-14-24(33)28(37)34-17-9-15-25(34)29(38)40-19-22-10-4-2-5-11-22/h2-7,10-13,21,24-25H,8-9,14-20H2,1H3,(H,31,39)(H,32,35)/t21-,24-,25-/m0/s1. The van der Waals surface area contributed by atoms with Gasteiger partial charge in [-0.3, -0.25) is 14.4 Å². The van der Waals surface area contributed by atoms with E-state index < -0.39 is 42.0 Å². The molecule has 11 heteroatoms. The van der Waals surface area contributed by atoms with Gasteiger partial charge in [0.1, 0.15) is 37.9 Å². The molecule has 218 valence electrons. The zero-order chi connectivity index (χ0) is 29.2. The molecule has 0 saturated carbocycles. The number of nitrogens with zero attached hydrogens (tertiary/aromatic N) is 2. The van der Waals surface area contributed by atoms with Gasteiger partial charge in [0.15, 0.2) is 0 Å². The number of benzene rings is 2. The minimum atomic E-state index is -0.914. The number of alkyl carbamates (subject to hydrolysis) is 1. The number of likely N-dealkylation sites (tertiary alicyclic amines) is 2. The van der Waals surface area contributed by atoms with Crippen LogP contribution in [0.1, 0.15) is 43.7 Å². The Morgan fingerprint density at radius 1 is 0.805 bits per heavy atom. The largest absolute Gasteiger partial charge is 0.459 e. The molecule has 0 radical (unpaired) electrons. The minimum absolute atomic E-state index is 0.0657. The van der Waals surface area contributed by atoms with Crippen molar-refractivity contribution < 1.29 is 33.4 Å². The van der Waals surface area contributed by atoms with E-state index in [1.807, 2.05) is 60.7 Å². The summed E-state index contributed by atoms with van der Waals surface area (Å²) >= 11 is 0. The molecule has 4 rings (SSSR count). The first-order valence-corrected chi connectivity index (χ1v) is 13.9. The molecule has 0 unspecified atom stereocenters. The fraction of sp³-hybridized carbons (Fsp3) is 0.433. The van der Waals surface area contributed by atoms with Crippen molar-refractivity contribution in [2.24, 2.45) is 0 Å². The number of carbonyl (C=O) groups is 5. The van der Waals surface area contributed by atoms with Crippen LogP contribution in [0.25, 0.3) is 0 Å². The lowest BCUT2D eigenvalue weighted by molar-refractivity contribution is -0.156. The number of esters is 1. The average Bonchev–Trinajstić information content (AvgIpc) is 3.69. The molecule has 0 aromatic heterocycles. The number of carbonyl (C=O) groups excluding carboxylic acids is 5. The molecule has 2 aliphatic heterocycles. The highest BCUT2D eigenvalue weighted by Gasteiger charge is 2.43. The summed E-state index contributed by atoms with van der Waals surface area (Å²) in [6.45, 7) is 2.15. The topological polar surface area (TPSA) is 134 Å². The normalized spacial score (nSPS) is 18.9. The lowest BCUT2D eigenvalue weighted by Crippen LogP contribution is -2.55. The molecule has 2 fully saturated rings. The summed E-state index contributed by atoms with van der Waals surface area (Å²) in [7, 11) is 0. The molecule has 4 amide bonds. The van der Waals surface area contributed by atoms with Crippen molar-refractivity contribution in [3.05, 3.63) is 71.8 Å². The minimum Gasteiger partial charge on any atom is -0.459 e. The second kappa shape index (κ2) is 14.3. The summed E-state index contributed by atoms with van der Waals surface area (Å²) in [6.07, 6.45) is 1.53. The lowest BCUT2D eigenvalue weighted by atomic mass is 10.1. The van der Waals surface area contributed by atoms with E-state index in [4.69, 9.17) is 9.47 Å².